The van der Waals surface area contributed by atoms with E-state index in [2.05, 4.69) is 43.8 Å². The van der Waals surface area contributed by atoms with E-state index in [1.807, 2.05) is 0 Å². The van der Waals surface area contributed by atoms with Crippen molar-refractivity contribution >= 4 is 0 Å². The molecule has 0 amide bonds. The summed E-state index contributed by atoms with van der Waals surface area (Å²) in [6, 6.07) is 2.52. The van der Waals surface area contributed by atoms with E-state index in [0.29, 0.717) is 0 Å². The number of rotatable bonds is 20. The van der Waals surface area contributed by atoms with Crippen LogP contribution in [0.25, 0.3) is 0 Å². The van der Waals surface area contributed by atoms with Gasteiger partial charge in [-0.25, -0.2) is 4.57 Å². The Balaban J connectivity index is 2.42. The quantitative estimate of drug-likeness (QED) is 0.151. The lowest BCUT2D eigenvalue weighted by Gasteiger charge is -2.07. The van der Waals surface area contributed by atoms with E-state index in [1.54, 1.807) is 11.1 Å². The summed E-state index contributed by atoms with van der Waals surface area (Å²) >= 11 is 0. The van der Waals surface area contributed by atoms with Gasteiger partial charge in [0.25, 0.3) is 0 Å². The van der Waals surface area contributed by atoms with Crippen LogP contribution in [-0.4, -0.2) is 0 Å². The highest BCUT2D eigenvalue weighted by atomic mass is 14.9. The molecule has 1 aromatic rings. The van der Waals surface area contributed by atoms with Gasteiger partial charge in [-0.15, -0.1) is 0 Å². The Hall–Kier alpha value is -0.850. The Morgan fingerprint density at radius 1 is 0.483 bits per heavy atom. The molecule has 0 bridgehead atoms. The van der Waals surface area contributed by atoms with Crippen LogP contribution in [0.5, 0.6) is 0 Å². The Kier molecular flexibility index (Phi) is 17.3. The van der Waals surface area contributed by atoms with Crippen LogP contribution in [0.3, 0.4) is 0 Å². The van der Waals surface area contributed by atoms with E-state index < -0.39 is 0 Å². The summed E-state index contributed by atoms with van der Waals surface area (Å²) in [5, 5.41) is 0. The second kappa shape index (κ2) is 19.1. The molecule has 0 saturated carbocycles. The largest absolute Gasteiger partial charge is 0.205 e. The fourth-order valence-corrected chi connectivity index (χ4v) is 4.30. The Morgan fingerprint density at radius 3 is 1.31 bits per heavy atom. The molecule has 0 saturated heterocycles. The van der Waals surface area contributed by atoms with Gasteiger partial charge in [-0.2, -0.15) is 0 Å². The molecule has 1 rings (SSSR count). The minimum absolute atomic E-state index is 1.20. The number of unbranched alkanes of at least 4 members (excludes halogenated alkanes) is 14. The van der Waals surface area contributed by atoms with Crippen LogP contribution in [0, 0.1) is 0 Å². The van der Waals surface area contributed by atoms with E-state index in [4.69, 9.17) is 0 Å². The average molecular weight is 403 g/mol. The van der Waals surface area contributed by atoms with Gasteiger partial charge in [0.1, 0.15) is 6.54 Å². The monoisotopic (exact) mass is 402 g/mol. The molecule has 0 aliphatic heterocycles. The van der Waals surface area contributed by atoms with E-state index in [-0.39, 0.29) is 0 Å². The summed E-state index contributed by atoms with van der Waals surface area (Å²) in [4.78, 5) is 0. The van der Waals surface area contributed by atoms with Crippen molar-refractivity contribution in [3.05, 3.63) is 29.6 Å². The predicted octanol–water partition coefficient (Wildman–Crippen LogP) is 8.75. The first-order chi connectivity index (χ1) is 14.3. The lowest BCUT2D eigenvalue weighted by atomic mass is 10.0. The number of hydrogen-bond donors (Lipinski definition) is 0. The molecule has 29 heavy (non-hydrogen) atoms. The maximum absolute atomic E-state index is 2.52. The SMILES string of the molecule is CCCCCCCCCc1cc(CCCCCCCCC)c[n+](CCCCC)c1. The van der Waals surface area contributed by atoms with Crippen LogP contribution >= 0.6 is 0 Å². The minimum Gasteiger partial charge on any atom is -0.205 e. The van der Waals surface area contributed by atoms with Crippen molar-refractivity contribution in [3.8, 4) is 0 Å². The zero-order valence-corrected chi connectivity index (χ0v) is 20.3. The molecule has 0 N–H and O–H groups in total. The molecule has 0 aromatic carbocycles. The summed E-state index contributed by atoms with van der Waals surface area (Å²) < 4.78 is 2.50. The number of hydrogen-bond acceptors (Lipinski definition) is 0. The number of nitrogens with zero attached hydrogens (tertiary/aromatic N) is 1. The van der Waals surface area contributed by atoms with Gasteiger partial charge in [-0.3, -0.25) is 0 Å². The molecule has 0 spiro atoms. The highest BCUT2D eigenvalue weighted by Crippen LogP contribution is 2.14. The van der Waals surface area contributed by atoms with Crippen molar-refractivity contribution in [2.75, 3.05) is 0 Å². The lowest BCUT2D eigenvalue weighted by Crippen LogP contribution is -2.34. The Bertz CT molecular complexity index is 443. The second-order valence-corrected chi connectivity index (χ2v) is 9.24. The van der Waals surface area contributed by atoms with Crippen molar-refractivity contribution in [2.24, 2.45) is 0 Å². The van der Waals surface area contributed by atoms with Gasteiger partial charge < -0.3 is 0 Å². The van der Waals surface area contributed by atoms with Gasteiger partial charge in [0, 0.05) is 17.5 Å². The maximum Gasteiger partial charge on any atom is 0.171 e. The lowest BCUT2D eigenvalue weighted by molar-refractivity contribution is -0.698. The van der Waals surface area contributed by atoms with Crippen LogP contribution in [0.2, 0.25) is 0 Å². The molecule has 1 heteroatoms. The molecule has 0 aliphatic carbocycles. The van der Waals surface area contributed by atoms with Crippen molar-refractivity contribution in [1.82, 2.24) is 0 Å². The normalized spacial score (nSPS) is 11.3. The molecule has 1 heterocycles. The van der Waals surface area contributed by atoms with Crippen LogP contribution in [-0.2, 0) is 19.4 Å². The standard InChI is InChI=1S/C28H52N/c1-4-7-10-12-14-16-18-21-27-24-28(22-19-17-15-13-11-8-5-2)26-29(25-27)23-20-9-6-3/h24-26H,4-23H2,1-3H3/q+1. The fourth-order valence-electron chi connectivity index (χ4n) is 4.30. The van der Waals surface area contributed by atoms with Crippen LogP contribution in [0.1, 0.15) is 141 Å². The summed E-state index contributed by atoms with van der Waals surface area (Å²) in [6.07, 6.45) is 31.1. The summed E-state index contributed by atoms with van der Waals surface area (Å²) in [5.41, 5.74) is 3.16. The number of aromatic nitrogens is 1. The van der Waals surface area contributed by atoms with E-state index >= 15 is 0 Å². The molecule has 1 aromatic heterocycles. The van der Waals surface area contributed by atoms with Gasteiger partial charge in [0.15, 0.2) is 12.4 Å². The highest BCUT2D eigenvalue weighted by Gasteiger charge is 2.08. The molecular formula is C28H52N+. The smallest absolute Gasteiger partial charge is 0.171 e. The van der Waals surface area contributed by atoms with Gasteiger partial charge in [-0.05, 0) is 38.2 Å². The van der Waals surface area contributed by atoms with E-state index in [0.717, 1.165) is 0 Å². The van der Waals surface area contributed by atoms with Gasteiger partial charge >= 0.3 is 0 Å². The first kappa shape index (κ1) is 26.2. The van der Waals surface area contributed by atoms with Gasteiger partial charge in [0.2, 0.25) is 0 Å². The first-order valence-electron chi connectivity index (χ1n) is 13.3. The van der Waals surface area contributed by atoms with Gasteiger partial charge in [0.05, 0.1) is 0 Å². The van der Waals surface area contributed by atoms with Crippen molar-refractivity contribution in [2.45, 2.75) is 149 Å². The van der Waals surface area contributed by atoms with Crippen molar-refractivity contribution < 1.29 is 4.57 Å². The first-order valence-corrected chi connectivity index (χ1v) is 13.3. The van der Waals surface area contributed by atoms with Crippen LogP contribution < -0.4 is 4.57 Å². The zero-order valence-electron chi connectivity index (χ0n) is 20.3. The Labute approximate surface area is 183 Å². The van der Waals surface area contributed by atoms with Crippen molar-refractivity contribution in [3.63, 3.8) is 0 Å². The predicted molar refractivity (Wildman–Crippen MR) is 130 cm³/mol. The van der Waals surface area contributed by atoms with Gasteiger partial charge in [-0.1, -0.05) is 104 Å². The van der Waals surface area contributed by atoms with E-state index in [9.17, 15) is 0 Å². The third kappa shape index (κ3) is 14.7. The number of pyridine rings is 1. The maximum atomic E-state index is 2.52. The van der Waals surface area contributed by atoms with Crippen molar-refractivity contribution in [1.29, 1.82) is 0 Å². The highest BCUT2D eigenvalue weighted by molar-refractivity contribution is 5.15. The molecule has 0 fully saturated rings. The molecule has 0 aliphatic rings. The number of aryl methyl sites for hydroxylation is 3. The third-order valence-corrected chi connectivity index (χ3v) is 6.19. The minimum atomic E-state index is 1.20. The molecule has 0 unspecified atom stereocenters. The molecule has 168 valence electrons. The fraction of sp³-hybridized carbons (Fsp3) is 0.821. The second-order valence-electron chi connectivity index (χ2n) is 9.24. The summed E-state index contributed by atoms with van der Waals surface area (Å²) in [7, 11) is 0. The van der Waals surface area contributed by atoms with E-state index in [1.165, 1.54) is 129 Å². The van der Waals surface area contributed by atoms with Crippen LogP contribution in [0.4, 0.5) is 0 Å². The average Bonchev–Trinajstić information content (AvgIpc) is 2.72. The third-order valence-electron chi connectivity index (χ3n) is 6.19. The topological polar surface area (TPSA) is 3.88 Å². The van der Waals surface area contributed by atoms with Crippen LogP contribution in [0.15, 0.2) is 18.5 Å². The molecule has 1 nitrogen and oxygen atoms in total. The zero-order chi connectivity index (χ0) is 21.0. The molecule has 0 radical (unpaired) electrons. The summed E-state index contributed by atoms with van der Waals surface area (Å²) in [5.74, 6) is 0. The Morgan fingerprint density at radius 2 is 0.862 bits per heavy atom. The molecular weight excluding hydrogens is 350 g/mol. The summed E-state index contributed by atoms with van der Waals surface area (Å²) in [6.45, 7) is 8.10. The molecule has 0 atom stereocenters.